The number of aliphatic imine (C=N–C) groups is 1. The van der Waals surface area contributed by atoms with Crippen LogP contribution in [0.3, 0.4) is 0 Å². The number of hydrogen-bond donors (Lipinski definition) is 12. The molecule has 1 fully saturated rings. The number of phenolic OH excluding ortho intramolecular Hbond substituents is 1. The van der Waals surface area contributed by atoms with E-state index in [1.165, 1.54) is 29.6 Å². The molecule has 68 heavy (non-hydrogen) atoms. The summed E-state index contributed by atoms with van der Waals surface area (Å²) in [7, 11) is 1.57. The zero-order valence-corrected chi connectivity index (χ0v) is 40.0. The van der Waals surface area contributed by atoms with Crippen molar-refractivity contribution in [2.45, 2.75) is 129 Å². The highest BCUT2D eigenvalue weighted by molar-refractivity contribution is 5.98. The number of guanidine groups is 1. The van der Waals surface area contributed by atoms with E-state index in [9.17, 15) is 48.6 Å². The van der Waals surface area contributed by atoms with Crippen LogP contribution in [-0.2, 0) is 51.2 Å². The van der Waals surface area contributed by atoms with Gasteiger partial charge in [0.25, 0.3) is 0 Å². The Balaban J connectivity index is 1.89. The third-order valence-electron chi connectivity index (χ3n) is 11.2. The number of aromatic nitrogens is 2. The molecule has 3 rings (SSSR count). The van der Waals surface area contributed by atoms with Crippen molar-refractivity contribution in [3.63, 3.8) is 0 Å². The first kappa shape index (κ1) is 55.5. The van der Waals surface area contributed by atoms with Crippen molar-refractivity contribution in [1.82, 2.24) is 52.1 Å². The highest BCUT2D eigenvalue weighted by Gasteiger charge is 2.41. The van der Waals surface area contributed by atoms with E-state index >= 15 is 0 Å². The standard InChI is InChI=1S/C45H71N13O10/c1-24(2)18-33(44(67)68)55-40(63)34-11-9-17-58(34)43(66)32(20-28-21-49-23-51-28)54-42(65)37(26(5)6)57-39(62)31(19-27-12-14-29(59)15-13-27)53-41(64)36(25(3)4)56-38(61)30(52-35(60)22-48-7)10-8-16-50-45(46)47/h12-15,21,23-26,30-34,36-37,48,59H,8-11,16-20,22H2,1-7H3,(H,49,51)(H,52,60)(H,53,64)(H,54,65)(H,55,63)(H,56,61)(H,57,62)(H,67,68)(H4,46,47,50)/t30-,31-,32-,33-,34-,36-,37-/m0/s1. The van der Waals surface area contributed by atoms with Crippen LogP contribution < -0.4 is 48.7 Å². The van der Waals surface area contributed by atoms with Gasteiger partial charge in [-0.15, -0.1) is 0 Å². The Hall–Kier alpha value is -6.78. The molecule has 14 N–H and O–H groups in total. The zero-order valence-electron chi connectivity index (χ0n) is 40.0. The zero-order chi connectivity index (χ0) is 50.7. The van der Waals surface area contributed by atoms with Crippen molar-refractivity contribution in [2.24, 2.45) is 34.2 Å². The highest BCUT2D eigenvalue weighted by Crippen LogP contribution is 2.21. The molecule has 2 heterocycles. The van der Waals surface area contributed by atoms with Crippen molar-refractivity contribution in [2.75, 3.05) is 26.7 Å². The minimum atomic E-state index is -1.35. The Bertz CT molecular complexity index is 2040. The van der Waals surface area contributed by atoms with Crippen LogP contribution >= 0.6 is 0 Å². The van der Waals surface area contributed by atoms with Crippen LogP contribution in [0, 0.1) is 17.8 Å². The minimum Gasteiger partial charge on any atom is -0.508 e. The molecule has 23 nitrogen and oxygen atoms in total. The van der Waals surface area contributed by atoms with E-state index in [1.54, 1.807) is 46.9 Å². The van der Waals surface area contributed by atoms with Gasteiger partial charge in [-0.1, -0.05) is 53.7 Å². The topological polar surface area (TPSA) is 358 Å². The van der Waals surface area contributed by atoms with E-state index in [0.29, 0.717) is 24.1 Å². The van der Waals surface area contributed by atoms with E-state index in [1.807, 2.05) is 13.8 Å². The second kappa shape index (κ2) is 27.1. The van der Waals surface area contributed by atoms with Gasteiger partial charge in [0.2, 0.25) is 41.4 Å². The molecule has 1 saturated heterocycles. The molecule has 0 radical (unpaired) electrons. The van der Waals surface area contributed by atoms with Gasteiger partial charge in [-0.05, 0) is 74.6 Å². The van der Waals surface area contributed by atoms with Crippen LogP contribution in [0.1, 0.15) is 84.9 Å². The Labute approximate surface area is 396 Å². The van der Waals surface area contributed by atoms with Gasteiger partial charge >= 0.3 is 5.97 Å². The number of rotatable bonds is 27. The molecule has 376 valence electrons. The number of carbonyl (C=O) groups is 8. The van der Waals surface area contributed by atoms with Crippen LogP contribution in [0.2, 0.25) is 0 Å². The number of aromatic hydroxyl groups is 1. The number of nitrogens with one attached hydrogen (secondary N) is 8. The van der Waals surface area contributed by atoms with Crippen molar-refractivity contribution in [3.8, 4) is 5.75 Å². The fourth-order valence-electron chi connectivity index (χ4n) is 7.64. The summed E-state index contributed by atoms with van der Waals surface area (Å²) in [6.07, 6.45) is 4.03. The number of aliphatic carboxylic acids is 1. The molecule has 1 aromatic heterocycles. The van der Waals surface area contributed by atoms with Crippen LogP contribution in [-0.4, -0.2) is 147 Å². The second-order valence-corrected chi connectivity index (χ2v) is 18.1. The number of hydrogen-bond acceptors (Lipinski definition) is 12. The number of nitrogens with zero attached hydrogens (tertiary/aromatic N) is 3. The lowest BCUT2D eigenvalue weighted by atomic mass is 9.98. The summed E-state index contributed by atoms with van der Waals surface area (Å²) in [4.78, 5) is 121. The number of aromatic amines is 1. The average molecular weight is 954 g/mol. The third-order valence-corrected chi connectivity index (χ3v) is 11.2. The summed E-state index contributed by atoms with van der Waals surface area (Å²) in [5, 5.41) is 38.6. The number of benzene rings is 1. The lowest BCUT2D eigenvalue weighted by Gasteiger charge is -2.31. The lowest BCUT2D eigenvalue weighted by Crippen LogP contribution is -2.61. The van der Waals surface area contributed by atoms with E-state index in [0.717, 1.165) is 0 Å². The minimum absolute atomic E-state index is 0.0341. The predicted molar refractivity (Wildman–Crippen MR) is 251 cm³/mol. The SMILES string of the molecule is CNCC(=O)N[C@@H](CCCN=C(N)N)C(=O)N[C@H](C(=O)N[C@@H](Cc1ccc(O)cc1)C(=O)N[C@H](C(=O)N[C@@H](Cc1cnc[nH]1)C(=O)N1CCC[C@H]1C(=O)N[C@@H](CC(C)C)C(=O)O)C(C)C)C(C)C. The highest BCUT2D eigenvalue weighted by atomic mass is 16.4. The maximum absolute atomic E-state index is 14.4. The predicted octanol–water partition coefficient (Wildman–Crippen LogP) is -1.48. The van der Waals surface area contributed by atoms with Crippen LogP contribution in [0.4, 0.5) is 0 Å². The number of likely N-dealkylation sites (tertiary alicyclic amines) is 1. The van der Waals surface area contributed by atoms with Crippen molar-refractivity contribution in [3.05, 3.63) is 48.0 Å². The molecular weight excluding hydrogens is 883 g/mol. The maximum atomic E-state index is 14.4. The average Bonchev–Trinajstić information content (AvgIpc) is 3.98. The summed E-state index contributed by atoms with van der Waals surface area (Å²) in [6, 6.07) is -2.40. The van der Waals surface area contributed by atoms with Gasteiger partial charge in [-0.25, -0.2) is 9.78 Å². The molecule has 0 bridgehead atoms. The largest absolute Gasteiger partial charge is 0.508 e. The molecule has 1 aliphatic heterocycles. The molecular formula is C45H71N13O10. The molecule has 2 aromatic rings. The number of phenols is 1. The van der Waals surface area contributed by atoms with Crippen LogP contribution in [0.25, 0.3) is 0 Å². The number of carbonyl (C=O) groups excluding carboxylic acids is 7. The van der Waals surface area contributed by atoms with Gasteiger partial charge in [-0.2, -0.15) is 0 Å². The summed E-state index contributed by atoms with van der Waals surface area (Å²) in [6.45, 7) is 10.6. The Morgan fingerprint density at radius 1 is 0.794 bits per heavy atom. The number of likely N-dealkylation sites (N-methyl/N-ethyl adjacent to an activating group) is 1. The van der Waals surface area contributed by atoms with Gasteiger partial charge in [0.05, 0.1) is 12.9 Å². The number of nitrogens with two attached hydrogens (primary N) is 2. The first-order chi connectivity index (χ1) is 32.1. The van der Waals surface area contributed by atoms with E-state index < -0.39 is 101 Å². The monoisotopic (exact) mass is 954 g/mol. The fourth-order valence-corrected chi connectivity index (χ4v) is 7.64. The van der Waals surface area contributed by atoms with Crippen LogP contribution in [0.15, 0.2) is 41.8 Å². The normalized spacial score (nSPS) is 16.1. The first-order valence-corrected chi connectivity index (χ1v) is 22.9. The Kier molecular flexibility index (Phi) is 22.2. The van der Waals surface area contributed by atoms with Crippen LogP contribution in [0.5, 0.6) is 5.75 Å². The smallest absolute Gasteiger partial charge is 0.326 e. The number of amides is 7. The number of carboxylic acids is 1. The molecule has 1 aromatic carbocycles. The molecule has 1 aliphatic rings. The number of H-pyrrole nitrogens is 1. The third kappa shape index (κ3) is 17.8. The lowest BCUT2D eigenvalue weighted by molar-refractivity contribution is -0.145. The Morgan fingerprint density at radius 3 is 1.93 bits per heavy atom. The molecule has 7 atom stereocenters. The van der Waals surface area contributed by atoms with Gasteiger partial charge in [0.15, 0.2) is 5.96 Å². The second-order valence-electron chi connectivity index (χ2n) is 18.1. The van der Waals surface area contributed by atoms with Gasteiger partial charge in [0.1, 0.15) is 48.0 Å². The number of carboxylic acid groups (broad SMARTS) is 1. The van der Waals surface area contributed by atoms with Gasteiger partial charge in [0, 0.05) is 37.8 Å². The summed E-state index contributed by atoms with van der Waals surface area (Å²) < 4.78 is 0. The molecule has 23 heteroatoms. The van der Waals surface area contributed by atoms with Gasteiger partial charge in [-0.3, -0.25) is 38.6 Å². The van der Waals surface area contributed by atoms with E-state index in [4.69, 9.17) is 11.5 Å². The fraction of sp³-hybridized carbons (Fsp3) is 0.600. The first-order valence-electron chi connectivity index (χ1n) is 22.9. The van der Waals surface area contributed by atoms with Crippen molar-refractivity contribution < 1.29 is 48.6 Å². The summed E-state index contributed by atoms with van der Waals surface area (Å²) >= 11 is 0. The maximum Gasteiger partial charge on any atom is 0.326 e. The van der Waals surface area contributed by atoms with Crippen molar-refractivity contribution >= 4 is 53.3 Å². The summed E-state index contributed by atoms with van der Waals surface area (Å²) in [5.74, 6) is -7.15. The molecule has 0 saturated carbocycles. The van der Waals surface area contributed by atoms with Gasteiger partial charge < -0.3 is 68.8 Å². The quantitative estimate of drug-likeness (QED) is 0.0276. The molecule has 0 aliphatic carbocycles. The van der Waals surface area contributed by atoms with E-state index in [-0.39, 0.29) is 69.4 Å². The van der Waals surface area contributed by atoms with Crippen molar-refractivity contribution in [1.29, 1.82) is 0 Å². The molecule has 0 spiro atoms. The number of imidazole rings is 1. The Morgan fingerprint density at radius 2 is 1.40 bits per heavy atom. The molecule has 0 unspecified atom stereocenters. The molecule has 7 amide bonds. The summed E-state index contributed by atoms with van der Waals surface area (Å²) in [5.41, 5.74) is 11.9. The van der Waals surface area contributed by atoms with E-state index in [2.05, 4.69) is 52.2 Å².